The Kier molecular flexibility index (Phi) is 6.32. The first-order chi connectivity index (χ1) is 14.7. The van der Waals surface area contributed by atoms with Gasteiger partial charge in [-0.15, -0.1) is 0 Å². The van der Waals surface area contributed by atoms with Crippen molar-refractivity contribution in [2.45, 2.75) is 19.3 Å². The Hall–Kier alpha value is -3.28. The molecule has 0 N–H and O–H groups in total. The van der Waals surface area contributed by atoms with Crippen LogP contribution in [0.2, 0.25) is 0 Å². The van der Waals surface area contributed by atoms with Crippen LogP contribution >= 0.6 is 0 Å². The van der Waals surface area contributed by atoms with Gasteiger partial charge in [0.2, 0.25) is 6.79 Å². The largest absolute Gasteiger partial charge is 0.454 e. The molecule has 0 unspecified atom stereocenters. The van der Waals surface area contributed by atoms with Crippen LogP contribution in [-0.2, 0) is 20.7 Å². The Labute approximate surface area is 176 Å². The lowest BCUT2D eigenvalue weighted by molar-refractivity contribution is -0.148. The van der Waals surface area contributed by atoms with Crippen molar-refractivity contribution in [3.63, 3.8) is 0 Å². The Bertz CT molecular complexity index is 916. The van der Waals surface area contributed by atoms with Crippen molar-refractivity contribution < 1.29 is 23.8 Å². The lowest BCUT2D eigenvalue weighted by Gasteiger charge is -2.32. The van der Waals surface area contributed by atoms with Gasteiger partial charge in [0.1, 0.15) is 0 Å². The van der Waals surface area contributed by atoms with E-state index in [1.54, 1.807) is 23.1 Å². The van der Waals surface area contributed by atoms with E-state index < -0.39 is 5.97 Å². The van der Waals surface area contributed by atoms with Gasteiger partial charge in [-0.2, -0.15) is 0 Å². The molecule has 0 saturated carbocycles. The maximum atomic E-state index is 12.4. The molecule has 0 aromatic heterocycles. The fourth-order valence-electron chi connectivity index (χ4n) is 3.79. The standard InChI is InChI=1S/C24H25NO5/c26-23(25-12-10-20(11-13-25)14-18-4-2-1-3-5-18)16-28-24(27)9-7-19-6-8-21-22(15-19)30-17-29-21/h1-9,15,20H,10-14,16-17H2. The number of esters is 1. The van der Waals surface area contributed by atoms with Crippen LogP contribution in [0.4, 0.5) is 0 Å². The lowest BCUT2D eigenvalue weighted by atomic mass is 9.90. The highest BCUT2D eigenvalue weighted by Crippen LogP contribution is 2.32. The fraction of sp³-hybridized carbons (Fsp3) is 0.333. The molecule has 0 aliphatic carbocycles. The summed E-state index contributed by atoms with van der Waals surface area (Å²) in [6, 6.07) is 15.8. The third kappa shape index (κ3) is 5.20. The number of hydrogen-bond acceptors (Lipinski definition) is 5. The van der Waals surface area contributed by atoms with Crippen LogP contribution in [0.5, 0.6) is 11.5 Å². The zero-order valence-corrected chi connectivity index (χ0v) is 16.8. The molecule has 1 saturated heterocycles. The van der Waals surface area contributed by atoms with Crippen molar-refractivity contribution in [3.05, 3.63) is 65.7 Å². The van der Waals surface area contributed by atoms with Crippen molar-refractivity contribution in [2.24, 2.45) is 5.92 Å². The number of ether oxygens (including phenoxy) is 3. The summed E-state index contributed by atoms with van der Waals surface area (Å²) in [4.78, 5) is 26.1. The van der Waals surface area contributed by atoms with E-state index >= 15 is 0 Å². The van der Waals surface area contributed by atoms with E-state index in [-0.39, 0.29) is 19.3 Å². The molecule has 4 rings (SSSR count). The Balaban J connectivity index is 1.19. The quantitative estimate of drug-likeness (QED) is 0.542. The minimum Gasteiger partial charge on any atom is -0.454 e. The molecule has 2 aliphatic rings. The van der Waals surface area contributed by atoms with E-state index in [9.17, 15) is 9.59 Å². The average Bonchev–Trinajstić information content (AvgIpc) is 3.25. The van der Waals surface area contributed by atoms with Crippen LogP contribution < -0.4 is 9.47 Å². The summed E-state index contributed by atoms with van der Waals surface area (Å²) in [5, 5.41) is 0. The van der Waals surface area contributed by atoms with E-state index in [0.717, 1.165) is 24.8 Å². The Morgan fingerprint density at radius 2 is 1.80 bits per heavy atom. The second kappa shape index (κ2) is 9.48. The molecule has 1 amide bonds. The molecule has 1 fully saturated rings. The number of benzene rings is 2. The maximum absolute atomic E-state index is 12.4. The number of rotatable bonds is 6. The minimum absolute atomic E-state index is 0.141. The minimum atomic E-state index is -0.542. The normalized spacial score (nSPS) is 16.1. The van der Waals surface area contributed by atoms with Gasteiger partial charge in [0.15, 0.2) is 18.1 Å². The summed E-state index contributed by atoms with van der Waals surface area (Å²) in [6.45, 7) is 1.39. The van der Waals surface area contributed by atoms with Crippen LogP contribution in [0.25, 0.3) is 6.08 Å². The van der Waals surface area contributed by atoms with E-state index in [1.165, 1.54) is 11.6 Å². The molecular formula is C24H25NO5. The lowest BCUT2D eigenvalue weighted by Crippen LogP contribution is -2.41. The molecule has 2 aromatic rings. The van der Waals surface area contributed by atoms with E-state index in [1.807, 2.05) is 12.1 Å². The molecule has 0 bridgehead atoms. The van der Waals surface area contributed by atoms with Crippen molar-refractivity contribution in [3.8, 4) is 11.5 Å². The van der Waals surface area contributed by atoms with Crippen LogP contribution in [0.15, 0.2) is 54.6 Å². The smallest absolute Gasteiger partial charge is 0.331 e. The zero-order valence-electron chi connectivity index (χ0n) is 16.8. The highest BCUT2D eigenvalue weighted by atomic mass is 16.7. The topological polar surface area (TPSA) is 65.1 Å². The fourth-order valence-corrected chi connectivity index (χ4v) is 3.79. The molecular weight excluding hydrogens is 382 g/mol. The Morgan fingerprint density at radius 1 is 1.03 bits per heavy atom. The van der Waals surface area contributed by atoms with E-state index in [0.29, 0.717) is 30.5 Å². The van der Waals surface area contributed by atoms with Crippen molar-refractivity contribution in [1.82, 2.24) is 4.90 Å². The first-order valence-corrected chi connectivity index (χ1v) is 10.2. The van der Waals surface area contributed by atoms with E-state index in [2.05, 4.69) is 24.3 Å². The second-order valence-corrected chi connectivity index (χ2v) is 7.57. The summed E-state index contributed by atoms with van der Waals surface area (Å²) in [6.07, 6.45) is 5.93. The number of likely N-dealkylation sites (tertiary alicyclic amines) is 1. The van der Waals surface area contributed by atoms with Gasteiger partial charge in [-0.25, -0.2) is 4.79 Å². The van der Waals surface area contributed by atoms with Gasteiger partial charge in [0.25, 0.3) is 5.91 Å². The van der Waals surface area contributed by atoms with Gasteiger partial charge in [-0.05, 0) is 54.5 Å². The number of hydrogen-bond donors (Lipinski definition) is 0. The van der Waals surface area contributed by atoms with Crippen LogP contribution in [0.3, 0.4) is 0 Å². The van der Waals surface area contributed by atoms with Crippen LogP contribution in [0, 0.1) is 5.92 Å². The first-order valence-electron chi connectivity index (χ1n) is 10.2. The number of amides is 1. The van der Waals surface area contributed by atoms with Gasteiger partial charge in [0, 0.05) is 19.2 Å². The molecule has 0 radical (unpaired) electrons. The summed E-state index contributed by atoms with van der Waals surface area (Å²) >= 11 is 0. The van der Waals surface area contributed by atoms with Crippen molar-refractivity contribution in [1.29, 1.82) is 0 Å². The molecule has 0 atom stereocenters. The average molecular weight is 407 g/mol. The van der Waals surface area contributed by atoms with Crippen LogP contribution in [-0.4, -0.2) is 43.3 Å². The van der Waals surface area contributed by atoms with Crippen LogP contribution in [0.1, 0.15) is 24.0 Å². The van der Waals surface area contributed by atoms with Crippen molar-refractivity contribution >= 4 is 18.0 Å². The first kappa shape index (κ1) is 20.0. The highest BCUT2D eigenvalue weighted by molar-refractivity contribution is 5.89. The third-order valence-electron chi connectivity index (χ3n) is 5.48. The molecule has 2 aliphatic heterocycles. The monoisotopic (exact) mass is 407 g/mol. The summed E-state index contributed by atoms with van der Waals surface area (Å²) in [5.74, 6) is 1.24. The van der Waals surface area contributed by atoms with Gasteiger partial charge in [-0.1, -0.05) is 36.4 Å². The third-order valence-corrected chi connectivity index (χ3v) is 5.48. The molecule has 2 heterocycles. The summed E-state index contributed by atoms with van der Waals surface area (Å²) in [7, 11) is 0. The number of carbonyl (C=O) groups is 2. The predicted octanol–water partition coefficient (Wildman–Crippen LogP) is 3.45. The second-order valence-electron chi connectivity index (χ2n) is 7.57. The number of piperidine rings is 1. The maximum Gasteiger partial charge on any atom is 0.331 e. The van der Waals surface area contributed by atoms with Gasteiger partial charge in [0.05, 0.1) is 0 Å². The molecule has 6 heteroatoms. The zero-order chi connectivity index (χ0) is 20.8. The molecule has 30 heavy (non-hydrogen) atoms. The van der Waals surface area contributed by atoms with Gasteiger partial charge < -0.3 is 19.1 Å². The number of fused-ring (bicyclic) bond motifs is 1. The molecule has 0 spiro atoms. The summed E-state index contributed by atoms with van der Waals surface area (Å²) in [5.41, 5.74) is 2.13. The SMILES string of the molecule is O=C(C=Cc1ccc2c(c1)OCO2)OCC(=O)N1CCC(Cc2ccccc2)CC1. The number of carbonyl (C=O) groups excluding carboxylic acids is 2. The highest BCUT2D eigenvalue weighted by Gasteiger charge is 2.23. The number of nitrogens with zero attached hydrogens (tertiary/aromatic N) is 1. The van der Waals surface area contributed by atoms with Gasteiger partial charge in [-0.3, -0.25) is 4.79 Å². The summed E-state index contributed by atoms with van der Waals surface area (Å²) < 4.78 is 15.7. The molecule has 6 nitrogen and oxygen atoms in total. The molecule has 156 valence electrons. The van der Waals surface area contributed by atoms with E-state index in [4.69, 9.17) is 14.2 Å². The van der Waals surface area contributed by atoms with Gasteiger partial charge >= 0.3 is 5.97 Å². The molecule has 2 aromatic carbocycles. The van der Waals surface area contributed by atoms with Crippen molar-refractivity contribution in [2.75, 3.05) is 26.5 Å². The Morgan fingerprint density at radius 3 is 2.60 bits per heavy atom. The predicted molar refractivity (Wildman–Crippen MR) is 112 cm³/mol.